The van der Waals surface area contributed by atoms with Crippen LogP contribution in [0.3, 0.4) is 0 Å². The third kappa shape index (κ3) is 5.18. The summed E-state index contributed by atoms with van der Waals surface area (Å²) in [7, 11) is 1.35. The number of benzene rings is 2. The Morgan fingerprint density at radius 2 is 1.79 bits per heavy atom. The van der Waals surface area contributed by atoms with Crippen molar-refractivity contribution in [2.75, 3.05) is 19.0 Å². The van der Waals surface area contributed by atoms with Gasteiger partial charge in [-0.25, -0.2) is 4.79 Å². The molecule has 1 aromatic heterocycles. The Hall–Kier alpha value is -4.31. The number of nitrogens with one attached hydrogen (secondary N) is 1. The minimum atomic E-state index is -0.491. The van der Waals surface area contributed by atoms with Crippen molar-refractivity contribution in [2.45, 2.75) is 27.7 Å². The number of nitrogens with zero attached hydrogens (tertiary/aromatic N) is 2. The molecule has 0 aliphatic carbocycles. The topological polar surface area (TPSA) is 93.4 Å². The van der Waals surface area contributed by atoms with Crippen molar-refractivity contribution in [1.82, 2.24) is 4.57 Å². The van der Waals surface area contributed by atoms with Crippen LogP contribution < -0.4 is 10.1 Å². The monoisotopic (exact) mass is 457 g/mol. The molecule has 0 radical (unpaired) electrons. The van der Waals surface area contributed by atoms with Crippen molar-refractivity contribution in [3.8, 4) is 17.5 Å². The minimum Gasteiger partial charge on any atom is -0.494 e. The molecule has 0 spiro atoms. The van der Waals surface area contributed by atoms with Gasteiger partial charge in [-0.05, 0) is 93.4 Å². The van der Waals surface area contributed by atoms with Crippen LogP contribution in [0.1, 0.15) is 39.8 Å². The van der Waals surface area contributed by atoms with Crippen LogP contribution in [0, 0.1) is 32.1 Å². The third-order valence-corrected chi connectivity index (χ3v) is 5.42. The fourth-order valence-corrected chi connectivity index (χ4v) is 3.76. The Morgan fingerprint density at radius 3 is 2.38 bits per heavy atom. The van der Waals surface area contributed by atoms with Gasteiger partial charge in [0.15, 0.2) is 0 Å². The third-order valence-electron chi connectivity index (χ3n) is 5.42. The number of nitriles is 1. The number of anilines is 1. The first-order chi connectivity index (χ1) is 16.3. The molecule has 1 N–H and O–H groups in total. The molecule has 0 unspecified atom stereocenters. The molecule has 2 aromatic carbocycles. The van der Waals surface area contributed by atoms with Crippen LogP contribution in [0.2, 0.25) is 0 Å². The van der Waals surface area contributed by atoms with Gasteiger partial charge in [-0.1, -0.05) is 0 Å². The largest absolute Gasteiger partial charge is 0.494 e. The number of aryl methyl sites for hydroxylation is 2. The van der Waals surface area contributed by atoms with Gasteiger partial charge in [0.1, 0.15) is 17.4 Å². The lowest BCUT2D eigenvalue weighted by Gasteiger charge is -2.14. The molecule has 0 aliphatic heterocycles. The van der Waals surface area contributed by atoms with Crippen LogP contribution in [0.25, 0.3) is 11.8 Å². The van der Waals surface area contributed by atoms with E-state index in [1.807, 2.05) is 50.5 Å². The summed E-state index contributed by atoms with van der Waals surface area (Å²) in [6, 6.07) is 16.2. The van der Waals surface area contributed by atoms with Crippen LogP contribution in [0.15, 0.2) is 54.1 Å². The standard InChI is InChI=1S/C27H27N3O4/c1-6-34-24-10-8-23(9-11-24)29-26(31)22(16-28)15-21-14-18(3)30(19(21)4)25-12-7-20(13-17(25)2)27(32)33-5/h7-15H,6H2,1-5H3,(H,29,31)/b22-15-. The highest BCUT2D eigenvalue weighted by atomic mass is 16.5. The lowest BCUT2D eigenvalue weighted by molar-refractivity contribution is -0.112. The van der Waals surface area contributed by atoms with Gasteiger partial charge in [0.05, 0.1) is 19.3 Å². The second-order valence-corrected chi connectivity index (χ2v) is 7.74. The van der Waals surface area contributed by atoms with E-state index in [1.165, 1.54) is 7.11 Å². The van der Waals surface area contributed by atoms with Gasteiger partial charge in [0.2, 0.25) is 0 Å². The molecule has 0 saturated carbocycles. The van der Waals surface area contributed by atoms with E-state index >= 15 is 0 Å². The Morgan fingerprint density at radius 1 is 1.09 bits per heavy atom. The fraction of sp³-hybridized carbons (Fsp3) is 0.222. The highest BCUT2D eigenvalue weighted by Crippen LogP contribution is 2.26. The SMILES string of the molecule is CCOc1ccc(NC(=O)/C(C#N)=C\c2cc(C)n(-c3ccc(C(=O)OC)cc3C)c2C)cc1. The molecular formula is C27H27N3O4. The van der Waals surface area contributed by atoms with E-state index in [9.17, 15) is 14.9 Å². The highest BCUT2D eigenvalue weighted by Gasteiger charge is 2.16. The molecule has 3 rings (SSSR count). The van der Waals surface area contributed by atoms with Gasteiger partial charge in [0.25, 0.3) is 5.91 Å². The number of aromatic nitrogens is 1. The van der Waals surface area contributed by atoms with Crippen molar-refractivity contribution in [2.24, 2.45) is 0 Å². The summed E-state index contributed by atoms with van der Waals surface area (Å²) < 4.78 is 12.2. The first-order valence-electron chi connectivity index (χ1n) is 10.8. The average molecular weight is 458 g/mol. The fourth-order valence-electron chi connectivity index (χ4n) is 3.76. The number of ether oxygens (including phenoxy) is 2. The first kappa shape index (κ1) is 24.3. The molecule has 7 heteroatoms. The number of carbonyl (C=O) groups is 2. The van der Waals surface area contributed by atoms with Crippen molar-refractivity contribution < 1.29 is 19.1 Å². The van der Waals surface area contributed by atoms with Crippen molar-refractivity contribution >= 4 is 23.6 Å². The molecule has 7 nitrogen and oxygen atoms in total. The number of carbonyl (C=O) groups excluding carboxylic acids is 2. The lowest BCUT2D eigenvalue weighted by Crippen LogP contribution is -2.13. The van der Waals surface area contributed by atoms with Crippen molar-refractivity contribution in [1.29, 1.82) is 5.26 Å². The maximum absolute atomic E-state index is 12.7. The summed E-state index contributed by atoms with van der Waals surface area (Å²) in [5.41, 5.74) is 5.40. The van der Waals surface area contributed by atoms with Gasteiger partial charge in [0, 0.05) is 22.8 Å². The summed E-state index contributed by atoms with van der Waals surface area (Å²) >= 11 is 0. The predicted octanol–water partition coefficient (Wildman–Crippen LogP) is 5.13. The Balaban J connectivity index is 1.89. The Kier molecular flexibility index (Phi) is 7.54. The van der Waals surface area contributed by atoms with E-state index in [0.717, 1.165) is 28.2 Å². The number of hydrogen-bond donors (Lipinski definition) is 1. The summed E-state index contributed by atoms with van der Waals surface area (Å²) in [5.74, 6) is -0.176. The highest BCUT2D eigenvalue weighted by molar-refractivity contribution is 6.09. The van der Waals surface area contributed by atoms with E-state index in [4.69, 9.17) is 9.47 Å². The number of rotatable bonds is 7. The summed E-state index contributed by atoms with van der Waals surface area (Å²) in [5, 5.41) is 12.4. The molecule has 1 amide bonds. The molecule has 34 heavy (non-hydrogen) atoms. The molecule has 0 fully saturated rings. The van der Waals surface area contributed by atoms with E-state index in [-0.39, 0.29) is 5.57 Å². The summed E-state index contributed by atoms with van der Waals surface area (Å²) in [4.78, 5) is 24.6. The lowest BCUT2D eigenvalue weighted by atomic mass is 10.1. The van der Waals surface area contributed by atoms with E-state index < -0.39 is 11.9 Å². The first-order valence-corrected chi connectivity index (χ1v) is 10.8. The average Bonchev–Trinajstić information content (AvgIpc) is 3.10. The molecule has 0 bridgehead atoms. The number of methoxy groups -OCH3 is 1. The second-order valence-electron chi connectivity index (χ2n) is 7.74. The number of amides is 1. The zero-order valence-corrected chi connectivity index (χ0v) is 19.9. The van der Waals surface area contributed by atoms with Crippen molar-refractivity contribution in [3.63, 3.8) is 0 Å². The summed E-state index contributed by atoms with van der Waals surface area (Å²) in [6.07, 6.45) is 1.58. The predicted molar refractivity (Wildman–Crippen MR) is 131 cm³/mol. The summed E-state index contributed by atoms with van der Waals surface area (Å²) in [6.45, 7) is 8.24. The van der Waals surface area contributed by atoms with Gasteiger partial charge in [-0.3, -0.25) is 4.79 Å². The number of hydrogen-bond acceptors (Lipinski definition) is 5. The van der Waals surface area contributed by atoms with Crippen LogP contribution >= 0.6 is 0 Å². The van der Waals surface area contributed by atoms with Gasteiger partial charge >= 0.3 is 5.97 Å². The van der Waals surface area contributed by atoms with Crippen LogP contribution in [0.5, 0.6) is 5.75 Å². The van der Waals surface area contributed by atoms with Gasteiger partial charge in [-0.2, -0.15) is 5.26 Å². The molecule has 1 heterocycles. The second kappa shape index (κ2) is 10.5. The minimum absolute atomic E-state index is 0.00750. The van der Waals surface area contributed by atoms with E-state index in [1.54, 1.807) is 42.5 Å². The maximum Gasteiger partial charge on any atom is 0.337 e. The Bertz CT molecular complexity index is 1290. The van der Waals surface area contributed by atoms with E-state index in [0.29, 0.717) is 23.6 Å². The molecule has 0 saturated heterocycles. The molecule has 0 aliphatic rings. The van der Waals surface area contributed by atoms with E-state index in [2.05, 4.69) is 5.32 Å². The molecular weight excluding hydrogens is 430 g/mol. The smallest absolute Gasteiger partial charge is 0.337 e. The number of esters is 1. The zero-order chi connectivity index (χ0) is 24.8. The normalized spacial score (nSPS) is 11.0. The van der Waals surface area contributed by atoms with Crippen molar-refractivity contribution in [3.05, 3.63) is 82.2 Å². The van der Waals surface area contributed by atoms with Gasteiger partial charge in [-0.15, -0.1) is 0 Å². The van der Waals surface area contributed by atoms with Crippen LogP contribution in [-0.4, -0.2) is 30.2 Å². The quantitative estimate of drug-likeness (QED) is 0.301. The molecule has 0 atom stereocenters. The van der Waals surface area contributed by atoms with Crippen LogP contribution in [-0.2, 0) is 9.53 Å². The maximum atomic E-state index is 12.7. The molecule has 3 aromatic rings. The zero-order valence-electron chi connectivity index (χ0n) is 19.9. The Labute approximate surface area is 199 Å². The van der Waals surface area contributed by atoms with Gasteiger partial charge < -0.3 is 19.4 Å². The molecule has 174 valence electrons. The van der Waals surface area contributed by atoms with Crippen LogP contribution in [0.4, 0.5) is 5.69 Å².